The molecule has 178 valence electrons. The van der Waals surface area contributed by atoms with Gasteiger partial charge in [0.15, 0.2) is 0 Å². The van der Waals surface area contributed by atoms with E-state index in [9.17, 15) is 4.79 Å². The third-order valence-corrected chi connectivity index (χ3v) is 7.26. The molecular weight excluding hydrogens is 414 g/mol. The topological polar surface area (TPSA) is 67.6 Å². The van der Waals surface area contributed by atoms with Crippen LogP contribution in [-0.2, 0) is 0 Å². The maximum absolute atomic E-state index is 12.7. The fraction of sp³-hybridized carbons (Fsp3) is 0.556. The molecule has 0 bridgehead atoms. The van der Waals surface area contributed by atoms with Crippen LogP contribution in [0, 0.1) is 25.2 Å². The number of aromatic nitrogens is 1. The Balaban J connectivity index is 1.35. The molecule has 2 aliphatic rings. The van der Waals surface area contributed by atoms with Crippen LogP contribution in [0.2, 0.25) is 0 Å². The molecule has 1 aliphatic carbocycles. The molecule has 6 heteroatoms. The van der Waals surface area contributed by atoms with Crippen molar-refractivity contribution in [1.29, 1.82) is 0 Å². The van der Waals surface area contributed by atoms with Gasteiger partial charge in [-0.1, -0.05) is 49.7 Å². The van der Waals surface area contributed by atoms with Crippen molar-refractivity contribution in [3.63, 3.8) is 0 Å². The minimum absolute atomic E-state index is 0.133. The van der Waals surface area contributed by atoms with Gasteiger partial charge in [-0.15, -0.1) is 0 Å². The molecule has 6 nitrogen and oxygen atoms in total. The molecule has 33 heavy (non-hydrogen) atoms. The molecule has 2 aromatic rings. The van der Waals surface area contributed by atoms with Gasteiger partial charge in [0, 0.05) is 18.7 Å². The summed E-state index contributed by atoms with van der Waals surface area (Å²) in [5.41, 5.74) is 4.63. The van der Waals surface area contributed by atoms with Gasteiger partial charge in [-0.3, -0.25) is 5.32 Å². The lowest BCUT2D eigenvalue weighted by Gasteiger charge is -2.34. The highest BCUT2D eigenvalue weighted by molar-refractivity contribution is 5.88. The predicted octanol–water partition coefficient (Wildman–Crippen LogP) is 6.60. The number of ether oxygens (including phenoxy) is 1. The molecule has 4 rings (SSSR count). The Morgan fingerprint density at radius 1 is 1.27 bits per heavy atom. The Bertz CT molecular complexity index is 1010. The van der Waals surface area contributed by atoms with Crippen LogP contribution >= 0.6 is 0 Å². The van der Waals surface area contributed by atoms with Gasteiger partial charge in [0.25, 0.3) is 0 Å². The molecular formula is C27H37N3O3. The van der Waals surface area contributed by atoms with Crippen LogP contribution < -0.4 is 10.1 Å². The first-order valence-electron chi connectivity index (χ1n) is 12.2. The quantitative estimate of drug-likeness (QED) is 0.569. The first-order chi connectivity index (χ1) is 15.7. The van der Waals surface area contributed by atoms with E-state index in [1.54, 1.807) is 0 Å². The van der Waals surface area contributed by atoms with Crippen molar-refractivity contribution in [2.45, 2.75) is 72.8 Å². The molecule has 1 N–H and O–H groups in total. The van der Waals surface area contributed by atoms with Crippen molar-refractivity contribution >= 4 is 18.0 Å². The SMILES string of the molecule is Cc1noc(NC(=O)N2CC/C(=C\c3cccc(OC4CCC(C)(C)CC4)c3)C(C)C2)c1C. The van der Waals surface area contributed by atoms with Crippen molar-refractivity contribution in [3.8, 4) is 5.75 Å². The van der Waals surface area contributed by atoms with Gasteiger partial charge < -0.3 is 14.2 Å². The van der Waals surface area contributed by atoms with Crippen LogP contribution in [0.1, 0.15) is 69.7 Å². The zero-order valence-electron chi connectivity index (χ0n) is 20.6. The summed E-state index contributed by atoms with van der Waals surface area (Å²) in [4.78, 5) is 14.6. The van der Waals surface area contributed by atoms with Crippen molar-refractivity contribution in [3.05, 3.63) is 46.7 Å². The summed E-state index contributed by atoms with van der Waals surface area (Å²) in [6.07, 6.45) is 8.13. The summed E-state index contributed by atoms with van der Waals surface area (Å²) in [7, 11) is 0. The van der Waals surface area contributed by atoms with E-state index >= 15 is 0 Å². The van der Waals surface area contributed by atoms with E-state index in [4.69, 9.17) is 9.26 Å². The van der Waals surface area contributed by atoms with E-state index in [2.05, 4.69) is 61.6 Å². The number of likely N-dealkylation sites (tertiary alicyclic amines) is 1. The number of rotatable bonds is 4. The molecule has 1 aromatic carbocycles. The number of carbonyl (C=O) groups excluding carboxylic acids is 1. The maximum atomic E-state index is 12.7. The number of hydrogen-bond donors (Lipinski definition) is 1. The number of nitrogens with one attached hydrogen (secondary N) is 1. The average molecular weight is 452 g/mol. The number of anilines is 1. The van der Waals surface area contributed by atoms with Crippen LogP contribution in [-0.4, -0.2) is 35.3 Å². The highest BCUT2D eigenvalue weighted by atomic mass is 16.5. The van der Waals surface area contributed by atoms with Gasteiger partial charge in [-0.25, -0.2) is 4.79 Å². The van der Waals surface area contributed by atoms with Crippen LogP contribution in [0.3, 0.4) is 0 Å². The van der Waals surface area contributed by atoms with Crippen LogP contribution in [0.25, 0.3) is 6.08 Å². The third kappa shape index (κ3) is 5.79. The minimum atomic E-state index is -0.133. The third-order valence-electron chi connectivity index (χ3n) is 7.26. The lowest BCUT2D eigenvalue weighted by molar-refractivity contribution is 0.0987. The molecule has 1 aliphatic heterocycles. The number of amides is 2. The monoisotopic (exact) mass is 451 g/mol. The molecule has 1 atom stereocenters. The molecule has 1 unspecified atom stereocenters. The van der Waals surface area contributed by atoms with E-state index in [1.807, 2.05) is 18.7 Å². The molecule has 1 saturated carbocycles. The summed E-state index contributed by atoms with van der Waals surface area (Å²) in [6, 6.07) is 8.28. The zero-order valence-corrected chi connectivity index (χ0v) is 20.6. The fourth-order valence-corrected chi connectivity index (χ4v) is 4.73. The molecule has 1 saturated heterocycles. The molecule has 2 heterocycles. The fourth-order valence-electron chi connectivity index (χ4n) is 4.73. The average Bonchev–Trinajstić information content (AvgIpc) is 3.09. The number of piperidine rings is 1. The minimum Gasteiger partial charge on any atom is -0.490 e. The number of nitrogens with zero attached hydrogens (tertiary/aromatic N) is 2. The molecule has 0 spiro atoms. The number of carbonyl (C=O) groups is 1. The highest BCUT2D eigenvalue weighted by Crippen LogP contribution is 2.37. The second-order valence-electron chi connectivity index (χ2n) is 10.5. The summed E-state index contributed by atoms with van der Waals surface area (Å²) in [5.74, 6) is 1.67. The Hall–Kier alpha value is -2.76. The standard InChI is InChI=1S/C27H37N3O3/c1-18-17-30(26(31)28-25-19(2)20(3)29-33-25)14-11-22(18)15-21-7-6-8-24(16-21)32-23-9-12-27(4,5)13-10-23/h6-8,15-16,18,23H,9-14,17H2,1-5H3,(H,28,31)/b22-15+. The summed E-state index contributed by atoms with van der Waals surface area (Å²) < 4.78 is 11.5. The number of hydrogen-bond acceptors (Lipinski definition) is 4. The summed E-state index contributed by atoms with van der Waals surface area (Å²) in [6.45, 7) is 12.0. The molecule has 0 radical (unpaired) electrons. The van der Waals surface area contributed by atoms with Gasteiger partial charge in [0.05, 0.1) is 11.8 Å². The molecule has 2 amide bonds. The van der Waals surface area contributed by atoms with Gasteiger partial charge in [0.1, 0.15) is 5.75 Å². The van der Waals surface area contributed by atoms with Crippen molar-refractivity contribution in [2.75, 3.05) is 18.4 Å². The molecule has 2 fully saturated rings. The smallest absolute Gasteiger partial charge is 0.324 e. The second kappa shape index (κ2) is 9.62. The first-order valence-corrected chi connectivity index (χ1v) is 12.2. The predicted molar refractivity (Wildman–Crippen MR) is 131 cm³/mol. The Labute approximate surface area is 197 Å². The van der Waals surface area contributed by atoms with E-state index in [1.165, 1.54) is 18.4 Å². The normalized spacial score (nSPS) is 22.4. The van der Waals surface area contributed by atoms with Crippen LogP contribution in [0.5, 0.6) is 5.75 Å². The van der Waals surface area contributed by atoms with Crippen molar-refractivity contribution in [2.24, 2.45) is 11.3 Å². The second-order valence-corrected chi connectivity index (χ2v) is 10.5. The van der Waals surface area contributed by atoms with Crippen LogP contribution in [0.15, 0.2) is 34.4 Å². The van der Waals surface area contributed by atoms with E-state index in [-0.39, 0.29) is 11.9 Å². The summed E-state index contributed by atoms with van der Waals surface area (Å²) in [5, 5.41) is 6.77. The van der Waals surface area contributed by atoms with E-state index < -0.39 is 0 Å². The van der Waals surface area contributed by atoms with Gasteiger partial charge in [0.2, 0.25) is 5.88 Å². The Morgan fingerprint density at radius 2 is 2.03 bits per heavy atom. The van der Waals surface area contributed by atoms with E-state index in [0.717, 1.165) is 41.8 Å². The maximum Gasteiger partial charge on any atom is 0.324 e. The number of urea groups is 1. The highest BCUT2D eigenvalue weighted by Gasteiger charge is 2.28. The summed E-state index contributed by atoms with van der Waals surface area (Å²) >= 11 is 0. The lowest BCUT2D eigenvalue weighted by atomic mass is 9.76. The number of benzene rings is 1. The Morgan fingerprint density at radius 3 is 2.70 bits per heavy atom. The van der Waals surface area contributed by atoms with Gasteiger partial charge in [-0.05, 0) is 75.0 Å². The van der Waals surface area contributed by atoms with E-state index in [0.29, 0.717) is 30.5 Å². The molecule has 1 aromatic heterocycles. The first kappa shape index (κ1) is 23.4. The van der Waals surface area contributed by atoms with Gasteiger partial charge in [-0.2, -0.15) is 0 Å². The van der Waals surface area contributed by atoms with Crippen molar-refractivity contribution in [1.82, 2.24) is 10.1 Å². The Kier molecular flexibility index (Phi) is 6.82. The van der Waals surface area contributed by atoms with Crippen molar-refractivity contribution < 1.29 is 14.1 Å². The van der Waals surface area contributed by atoms with Gasteiger partial charge >= 0.3 is 6.03 Å². The number of aryl methyl sites for hydroxylation is 1. The van der Waals surface area contributed by atoms with Crippen LogP contribution in [0.4, 0.5) is 10.7 Å². The largest absolute Gasteiger partial charge is 0.490 e. The zero-order chi connectivity index (χ0) is 23.6. The lowest BCUT2D eigenvalue weighted by Crippen LogP contribution is -2.42.